The minimum Gasteiger partial charge on any atom is -0.305 e. The number of hydrogen-bond acceptors (Lipinski definition) is 3. The second-order valence-electron chi connectivity index (χ2n) is 6.01. The number of aromatic nitrogens is 1. The van der Waals surface area contributed by atoms with Crippen molar-refractivity contribution < 1.29 is 0 Å². The molecule has 1 heterocycles. The Bertz CT molecular complexity index is 368. The number of hydrogen-bond donors (Lipinski definition) is 1. The summed E-state index contributed by atoms with van der Waals surface area (Å²) in [5, 5.41) is 7.28. The number of nitrogens with one attached hydrogen (secondary N) is 1. The Balaban J connectivity index is 1.65. The molecule has 0 radical (unpaired) electrons. The zero-order chi connectivity index (χ0) is 12.4. The molecule has 2 aliphatic rings. The van der Waals surface area contributed by atoms with Crippen LogP contribution >= 0.6 is 11.3 Å². The highest BCUT2D eigenvalue weighted by molar-refractivity contribution is 7.09. The Morgan fingerprint density at radius 1 is 1.39 bits per heavy atom. The molecular formula is C15H24N2S. The first-order valence-corrected chi connectivity index (χ1v) is 8.37. The summed E-state index contributed by atoms with van der Waals surface area (Å²) in [6, 6.07) is 1.24. The Hall–Kier alpha value is -0.410. The first kappa shape index (κ1) is 12.6. The molecule has 1 aromatic rings. The van der Waals surface area contributed by atoms with E-state index < -0.39 is 0 Å². The SMILES string of the molecule is CCC(NC1CCC12CCCCC2)c1nccs1. The van der Waals surface area contributed by atoms with Crippen LogP contribution in [0.3, 0.4) is 0 Å². The molecule has 3 rings (SSSR count). The van der Waals surface area contributed by atoms with Gasteiger partial charge in [-0.1, -0.05) is 26.2 Å². The molecule has 0 bridgehead atoms. The predicted molar refractivity (Wildman–Crippen MR) is 76.8 cm³/mol. The van der Waals surface area contributed by atoms with Crippen LogP contribution in [0.1, 0.15) is 69.3 Å². The molecule has 2 saturated carbocycles. The van der Waals surface area contributed by atoms with Crippen molar-refractivity contribution in [3.05, 3.63) is 16.6 Å². The fourth-order valence-corrected chi connectivity index (χ4v) is 4.61. The lowest BCUT2D eigenvalue weighted by molar-refractivity contribution is 0.0159. The molecule has 18 heavy (non-hydrogen) atoms. The first-order chi connectivity index (χ1) is 8.84. The van der Waals surface area contributed by atoms with Crippen LogP contribution in [-0.2, 0) is 0 Å². The second-order valence-corrected chi connectivity index (χ2v) is 6.94. The minimum absolute atomic E-state index is 0.481. The quantitative estimate of drug-likeness (QED) is 0.877. The minimum atomic E-state index is 0.481. The zero-order valence-corrected chi connectivity index (χ0v) is 12.1. The number of nitrogens with zero attached hydrogens (tertiary/aromatic N) is 1. The summed E-state index contributed by atoms with van der Waals surface area (Å²) in [5.41, 5.74) is 0.656. The fraction of sp³-hybridized carbons (Fsp3) is 0.800. The first-order valence-electron chi connectivity index (χ1n) is 7.49. The van der Waals surface area contributed by atoms with E-state index in [-0.39, 0.29) is 0 Å². The molecule has 2 nitrogen and oxygen atoms in total. The molecular weight excluding hydrogens is 240 g/mol. The molecule has 2 fully saturated rings. The van der Waals surface area contributed by atoms with Crippen LogP contribution in [0, 0.1) is 5.41 Å². The molecule has 0 saturated heterocycles. The van der Waals surface area contributed by atoms with Gasteiger partial charge in [-0.3, -0.25) is 0 Å². The molecule has 2 aliphatic carbocycles. The van der Waals surface area contributed by atoms with E-state index in [0.717, 1.165) is 12.5 Å². The maximum atomic E-state index is 4.49. The third-order valence-electron chi connectivity index (χ3n) is 5.08. The summed E-state index contributed by atoms with van der Waals surface area (Å²) in [4.78, 5) is 4.49. The Labute approximate surface area is 114 Å². The van der Waals surface area contributed by atoms with Gasteiger partial charge in [-0.05, 0) is 37.5 Å². The average Bonchev–Trinajstić information content (AvgIpc) is 2.93. The van der Waals surface area contributed by atoms with Crippen molar-refractivity contribution in [1.82, 2.24) is 10.3 Å². The maximum absolute atomic E-state index is 4.49. The topological polar surface area (TPSA) is 24.9 Å². The van der Waals surface area contributed by atoms with E-state index in [1.165, 1.54) is 50.0 Å². The predicted octanol–water partition coefficient (Wildman–Crippen LogP) is 4.30. The standard InChI is InChI=1S/C15H24N2S/c1-2-12(14-16-10-11-18-14)17-13-6-9-15(13)7-4-3-5-8-15/h10-13,17H,2-9H2,1H3. The van der Waals surface area contributed by atoms with E-state index in [4.69, 9.17) is 0 Å². The van der Waals surface area contributed by atoms with Gasteiger partial charge in [0.15, 0.2) is 0 Å². The summed E-state index contributed by atoms with van der Waals surface area (Å²) in [5.74, 6) is 0. The third kappa shape index (κ3) is 2.23. The highest BCUT2D eigenvalue weighted by Gasteiger charge is 2.47. The molecule has 2 atom stereocenters. The molecule has 0 amide bonds. The number of rotatable bonds is 4. The molecule has 3 heteroatoms. The summed E-state index contributed by atoms with van der Waals surface area (Å²) in [7, 11) is 0. The van der Waals surface area contributed by atoms with Crippen molar-refractivity contribution in [2.24, 2.45) is 5.41 Å². The van der Waals surface area contributed by atoms with E-state index >= 15 is 0 Å². The van der Waals surface area contributed by atoms with Crippen molar-refractivity contribution >= 4 is 11.3 Å². The molecule has 1 spiro atoms. The van der Waals surface area contributed by atoms with E-state index in [1.54, 1.807) is 11.3 Å². The lowest BCUT2D eigenvalue weighted by atomic mass is 9.57. The summed E-state index contributed by atoms with van der Waals surface area (Å²) >= 11 is 1.79. The van der Waals surface area contributed by atoms with E-state index in [2.05, 4.69) is 22.6 Å². The largest absolute Gasteiger partial charge is 0.305 e. The van der Waals surface area contributed by atoms with Gasteiger partial charge in [0.05, 0.1) is 6.04 Å². The van der Waals surface area contributed by atoms with Gasteiger partial charge in [0.2, 0.25) is 0 Å². The molecule has 1 aromatic heterocycles. The Kier molecular flexibility index (Phi) is 3.71. The zero-order valence-electron chi connectivity index (χ0n) is 11.3. The molecule has 0 aliphatic heterocycles. The highest BCUT2D eigenvalue weighted by Crippen LogP contribution is 2.52. The van der Waals surface area contributed by atoms with Gasteiger partial charge in [0.25, 0.3) is 0 Å². The van der Waals surface area contributed by atoms with Crippen LogP contribution in [0.2, 0.25) is 0 Å². The van der Waals surface area contributed by atoms with Gasteiger partial charge >= 0.3 is 0 Å². The van der Waals surface area contributed by atoms with E-state index in [9.17, 15) is 0 Å². The van der Waals surface area contributed by atoms with Crippen LogP contribution in [0.5, 0.6) is 0 Å². The van der Waals surface area contributed by atoms with Crippen molar-refractivity contribution in [2.45, 2.75) is 70.4 Å². The van der Waals surface area contributed by atoms with Crippen molar-refractivity contribution in [2.75, 3.05) is 0 Å². The maximum Gasteiger partial charge on any atom is 0.109 e. The third-order valence-corrected chi connectivity index (χ3v) is 5.97. The van der Waals surface area contributed by atoms with Crippen LogP contribution in [0.4, 0.5) is 0 Å². The molecule has 1 N–H and O–H groups in total. The van der Waals surface area contributed by atoms with E-state index in [1.807, 2.05) is 6.20 Å². The van der Waals surface area contributed by atoms with Crippen LogP contribution < -0.4 is 5.32 Å². The van der Waals surface area contributed by atoms with Gasteiger partial charge in [-0.25, -0.2) is 4.98 Å². The summed E-state index contributed by atoms with van der Waals surface area (Å²) in [6.45, 7) is 2.27. The van der Waals surface area contributed by atoms with Gasteiger partial charge in [-0.15, -0.1) is 11.3 Å². The van der Waals surface area contributed by atoms with Gasteiger partial charge in [-0.2, -0.15) is 0 Å². The second kappa shape index (κ2) is 5.30. The monoisotopic (exact) mass is 264 g/mol. The average molecular weight is 264 g/mol. The van der Waals surface area contributed by atoms with Crippen LogP contribution in [0.15, 0.2) is 11.6 Å². The normalized spacial score (nSPS) is 27.9. The molecule has 100 valence electrons. The van der Waals surface area contributed by atoms with Crippen LogP contribution in [0.25, 0.3) is 0 Å². The smallest absolute Gasteiger partial charge is 0.109 e. The van der Waals surface area contributed by atoms with Gasteiger partial charge in [0.1, 0.15) is 5.01 Å². The van der Waals surface area contributed by atoms with Crippen molar-refractivity contribution in [3.8, 4) is 0 Å². The lowest BCUT2D eigenvalue weighted by Gasteiger charge is -2.53. The number of thiazole rings is 1. The van der Waals surface area contributed by atoms with Crippen molar-refractivity contribution in [3.63, 3.8) is 0 Å². The van der Waals surface area contributed by atoms with Gasteiger partial charge in [0, 0.05) is 17.6 Å². The Morgan fingerprint density at radius 2 is 2.22 bits per heavy atom. The van der Waals surface area contributed by atoms with Crippen molar-refractivity contribution in [1.29, 1.82) is 0 Å². The summed E-state index contributed by atoms with van der Waals surface area (Å²) in [6.07, 6.45) is 13.2. The molecule has 0 aromatic carbocycles. The Morgan fingerprint density at radius 3 is 2.78 bits per heavy atom. The highest BCUT2D eigenvalue weighted by atomic mass is 32.1. The fourth-order valence-electron chi connectivity index (χ4n) is 3.82. The lowest BCUT2D eigenvalue weighted by Crippen LogP contribution is -2.55. The van der Waals surface area contributed by atoms with E-state index in [0.29, 0.717) is 11.5 Å². The summed E-state index contributed by atoms with van der Waals surface area (Å²) < 4.78 is 0. The molecule has 2 unspecified atom stereocenters. The van der Waals surface area contributed by atoms with Crippen LogP contribution in [-0.4, -0.2) is 11.0 Å². The van der Waals surface area contributed by atoms with Gasteiger partial charge < -0.3 is 5.32 Å².